The maximum atomic E-state index is 10.9. The van der Waals surface area contributed by atoms with Gasteiger partial charge in [-0.05, 0) is 18.3 Å². The van der Waals surface area contributed by atoms with E-state index in [2.05, 4.69) is 20.8 Å². The smallest absolute Gasteiger partial charge is 0.266 e. The van der Waals surface area contributed by atoms with Gasteiger partial charge in [0.1, 0.15) is 0 Å². The van der Waals surface area contributed by atoms with Crippen LogP contribution in [0.4, 0.5) is 11.4 Å². The van der Waals surface area contributed by atoms with Crippen LogP contribution >= 0.6 is 15.9 Å². The highest BCUT2D eigenvalue weighted by molar-refractivity contribution is 9.10. The van der Waals surface area contributed by atoms with Gasteiger partial charge in [-0.2, -0.15) is 0 Å². The molecule has 0 unspecified atom stereocenters. The van der Waals surface area contributed by atoms with Crippen molar-refractivity contribution in [2.75, 3.05) is 14.1 Å². The summed E-state index contributed by atoms with van der Waals surface area (Å²) < 4.78 is 0.552. The molecule has 0 heterocycles. The average Bonchev–Trinajstić information content (AvgIpc) is 2.25. The largest absolute Gasteiger partial charge is 0.383 e. The van der Waals surface area contributed by atoms with E-state index in [9.17, 15) is 10.1 Å². The summed E-state index contributed by atoms with van der Waals surface area (Å²) in [6.45, 7) is 6.91. The van der Waals surface area contributed by atoms with Gasteiger partial charge in [-0.3, -0.25) is 10.1 Å². The molecule has 1 rings (SSSR count). The van der Waals surface area contributed by atoms with Crippen LogP contribution in [0.3, 0.4) is 0 Å². The Morgan fingerprint density at radius 2 is 2.18 bits per heavy atom. The topological polar surface area (TPSA) is 50.7 Å². The maximum absolute atomic E-state index is 10.9. The fraction of sp³-hybridized carbons (Fsp3) is 0.182. The second-order valence-electron chi connectivity index (χ2n) is 3.51. The predicted octanol–water partition coefficient (Wildman–Crippen LogP) is 3.44. The molecule has 0 saturated carbocycles. The van der Waals surface area contributed by atoms with Crippen LogP contribution in [0.15, 0.2) is 22.8 Å². The molecule has 0 atom stereocenters. The molecule has 17 heavy (non-hydrogen) atoms. The number of hydrogen-bond acceptors (Lipinski definition) is 3. The molecule has 0 aromatic heterocycles. The number of rotatable bonds is 3. The number of nitro benzene ring substituents is 1. The van der Waals surface area contributed by atoms with Gasteiger partial charge in [-0.15, -0.1) is 0 Å². The van der Waals surface area contributed by atoms with Crippen LogP contribution < -0.4 is 0 Å². The third kappa shape index (κ3) is 3.29. The van der Waals surface area contributed by atoms with Crippen molar-refractivity contribution in [3.05, 3.63) is 49.9 Å². The van der Waals surface area contributed by atoms with Crippen molar-refractivity contribution in [2.24, 2.45) is 0 Å². The van der Waals surface area contributed by atoms with Crippen molar-refractivity contribution in [1.29, 1.82) is 0 Å². The lowest BCUT2D eigenvalue weighted by Crippen LogP contribution is -2.00. The number of benzene rings is 1. The van der Waals surface area contributed by atoms with Crippen LogP contribution in [0.1, 0.15) is 5.56 Å². The number of halogens is 1. The van der Waals surface area contributed by atoms with E-state index in [4.69, 9.17) is 6.57 Å². The first-order chi connectivity index (χ1) is 7.95. The van der Waals surface area contributed by atoms with Gasteiger partial charge in [0.15, 0.2) is 0 Å². The Hall–Kier alpha value is -1.87. The number of nitro groups is 1. The van der Waals surface area contributed by atoms with Gasteiger partial charge in [0.25, 0.3) is 5.69 Å². The van der Waals surface area contributed by atoms with Crippen LogP contribution in [-0.4, -0.2) is 23.9 Å². The second kappa shape index (κ2) is 5.46. The minimum absolute atomic E-state index is 0.0719. The first-order valence-corrected chi connectivity index (χ1v) is 5.45. The summed E-state index contributed by atoms with van der Waals surface area (Å²) in [7, 11) is 3.65. The minimum atomic E-state index is -0.490. The highest BCUT2D eigenvalue weighted by Gasteiger charge is 2.15. The monoisotopic (exact) mass is 295 g/mol. The van der Waals surface area contributed by atoms with E-state index >= 15 is 0 Å². The van der Waals surface area contributed by atoms with E-state index in [0.29, 0.717) is 10.0 Å². The molecule has 6 heteroatoms. The zero-order chi connectivity index (χ0) is 13.0. The molecule has 1 aromatic carbocycles. The lowest BCUT2D eigenvalue weighted by atomic mass is 10.1. The Balaban J connectivity index is 3.34. The first-order valence-electron chi connectivity index (χ1n) is 4.65. The molecule has 5 nitrogen and oxygen atoms in total. The zero-order valence-corrected chi connectivity index (χ0v) is 10.9. The molecule has 0 N–H and O–H groups in total. The van der Waals surface area contributed by atoms with Crippen molar-refractivity contribution in [2.45, 2.75) is 0 Å². The molecule has 0 aliphatic heterocycles. The first kappa shape index (κ1) is 13.2. The normalized spacial score (nSPS) is 10.2. The van der Waals surface area contributed by atoms with E-state index in [1.54, 1.807) is 23.2 Å². The van der Waals surface area contributed by atoms with Gasteiger partial charge in [0.05, 0.1) is 17.1 Å². The van der Waals surface area contributed by atoms with Crippen molar-refractivity contribution < 1.29 is 4.92 Å². The van der Waals surface area contributed by atoms with E-state index in [1.807, 2.05) is 14.1 Å². The van der Waals surface area contributed by atoms with Crippen molar-refractivity contribution >= 4 is 33.4 Å². The summed E-state index contributed by atoms with van der Waals surface area (Å²) in [6, 6.07) is 2.85. The summed E-state index contributed by atoms with van der Waals surface area (Å²) in [5.41, 5.74) is 0.624. The maximum Gasteiger partial charge on any atom is 0.266 e. The standard InChI is InChI=1S/C11H10BrN3O2/c1-13-10-7-11(15(16)17)8(6-9(10)12)4-5-14(2)3/h4-7H,2-3H3/b5-4+. The summed E-state index contributed by atoms with van der Waals surface area (Å²) in [6.07, 6.45) is 3.35. The van der Waals surface area contributed by atoms with Crippen molar-refractivity contribution in [3.8, 4) is 0 Å². The van der Waals surface area contributed by atoms with Gasteiger partial charge in [-0.1, -0.05) is 15.9 Å². The molecule has 0 aliphatic rings. The summed E-state index contributed by atoms with van der Waals surface area (Å²) >= 11 is 3.21. The minimum Gasteiger partial charge on any atom is -0.383 e. The zero-order valence-electron chi connectivity index (χ0n) is 9.35. The molecule has 0 fully saturated rings. The quantitative estimate of drug-likeness (QED) is 0.488. The fourth-order valence-electron chi connectivity index (χ4n) is 1.17. The lowest BCUT2D eigenvalue weighted by molar-refractivity contribution is -0.385. The fourth-order valence-corrected chi connectivity index (χ4v) is 1.62. The van der Waals surface area contributed by atoms with Gasteiger partial charge >= 0.3 is 0 Å². The second-order valence-corrected chi connectivity index (χ2v) is 4.37. The van der Waals surface area contributed by atoms with Gasteiger partial charge < -0.3 is 4.90 Å². The molecular weight excluding hydrogens is 286 g/mol. The van der Waals surface area contributed by atoms with E-state index in [-0.39, 0.29) is 11.4 Å². The molecule has 0 spiro atoms. The van der Waals surface area contributed by atoms with Gasteiger partial charge in [0, 0.05) is 24.6 Å². The van der Waals surface area contributed by atoms with E-state index < -0.39 is 4.92 Å². The highest BCUT2D eigenvalue weighted by atomic mass is 79.9. The molecule has 0 radical (unpaired) electrons. The van der Waals surface area contributed by atoms with E-state index in [1.165, 1.54) is 6.07 Å². The molecule has 0 saturated heterocycles. The molecule has 0 bridgehead atoms. The Kier molecular flexibility index (Phi) is 4.24. The number of nitrogens with zero attached hydrogens (tertiary/aromatic N) is 3. The van der Waals surface area contributed by atoms with Crippen LogP contribution in [0.5, 0.6) is 0 Å². The lowest BCUT2D eigenvalue weighted by Gasteiger charge is -2.05. The average molecular weight is 296 g/mol. The Morgan fingerprint density at radius 3 is 2.65 bits per heavy atom. The number of hydrogen-bond donors (Lipinski definition) is 0. The molecular formula is C11H10BrN3O2. The molecule has 88 valence electrons. The van der Waals surface area contributed by atoms with Crippen LogP contribution in [-0.2, 0) is 0 Å². The Morgan fingerprint density at radius 1 is 1.53 bits per heavy atom. The van der Waals surface area contributed by atoms with Crippen LogP contribution in [0.2, 0.25) is 0 Å². The summed E-state index contributed by atoms with van der Waals surface area (Å²) in [5, 5.41) is 10.9. The summed E-state index contributed by atoms with van der Waals surface area (Å²) in [4.78, 5) is 15.4. The SMILES string of the molecule is [C-]#[N+]c1cc([N+](=O)[O-])c(/C=C/N(C)C)cc1Br. The van der Waals surface area contributed by atoms with Crippen molar-refractivity contribution in [3.63, 3.8) is 0 Å². The van der Waals surface area contributed by atoms with Crippen LogP contribution in [0, 0.1) is 16.7 Å². The van der Waals surface area contributed by atoms with E-state index in [0.717, 1.165) is 0 Å². The van der Waals surface area contributed by atoms with Crippen molar-refractivity contribution in [1.82, 2.24) is 4.90 Å². The molecule has 0 amide bonds. The Labute approximate surface area is 107 Å². The molecule has 0 aliphatic carbocycles. The Bertz CT molecular complexity index is 518. The predicted molar refractivity (Wildman–Crippen MR) is 69.8 cm³/mol. The van der Waals surface area contributed by atoms with Gasteiger partial charge in [0.2, 0.25) is 5.69 Å². The van der Waals surface area contributed by atoms with Crippen LogP contribution in [0.25, 0.3) is 10.9 Å². The summed E-state index contributed by atoms with van der Waals surface area (Å²) in [5.74, 6) is 0. The molecule has 1 aromatic rings. The van der Waals surface area contributed by atoms with Gasteiger partial charge in [-0.25, -0.2) is 4.85 Å². The highest BCUT2D eigenvalue weighted by Crippen LogP contribution is 2.33. The third-order valence-corrected chi connectivity index (χ3v) is 2.60. The third-order valence-electron chi connectivity index (χ3n) is 1.97.